The molecule has 1 amide bonds. The molecular formula is C11H15NO3. The molecule has 0 aliphatic rings. The largest absolute Gasteiger partial charge is 0.508 e. The van der Waals surface area contributed by atoms with Gasteiger partial charge in [0.1, 0.15) is 5.75 Å². The van der Waals surface area contributed by atoms with Crippen LogP contribution in [0.15, 0.2) is 18.2 Å². The van der Waals surface area contributed by atoms with Gasteiger partial charge in [-0.1, -0.05) is 6.92 Å². The molecule has 4 nitrogen and oxygen atoms in total. The van der Waals surface area contributed by atoms with E-state index < -0.39 is 0 Å². The van der Waals surface area contributed by atoms with E-state index in [2.05, 4.69) is 5.32 Å². The summed E-state index contributed by atoms with van der Waals surface area (Å²) in [6.07, 6.45) is 0.674. The number of aliphatic hydroxyl groups excluding tert-OH is 1. The van der Waals surface area contributed by atoms with Crippen molar-refractivity contribution in [3.05, 3.63) is 29.3 Å². The van der Waals surface area contributed by atoms with E-state index in [1.807, 2.05) is 6.92 Å². The van der Waals surface area contributed by atoms with Crippen LogP contribution in [0.2, 0.25) is 0 Å². The van der Waals surface area contributed by atoms with Crippen molar-refractivity contribution in [1.29, 1.82) is 0 Å². The van der Waals surface area contributed by atoms with E-state index in [1.165, 1.54) is 6.07 Å². The molecule has 1 aromatic rings. The molecule has 0 saturated heterocycles. The zero-order valence-corrected chi connectivity index (χ0v) is 8.66. The van der Waals surface area contributed by atoms with Crippen molar-refractivity contribution >= 4 is 5.91 Å². The quantitative estimate of drug-likeness (QED) is 0.683. The van der Waals surface area contributed by atoms with E-state index in [-0.39, 0.29) is 24.8 Å². The predicted octanol–water partition coefficient (Wildman–Crippen LogP) is 0.677. The van der Waals surface area contributed by atoms with Gasteiger partial charge in [0, 0.05) is 12.1 Å². The highest BCUT2D eigenvalue weighted by Crippen LogP contribution is 2.18. The lowest BCUT2D eigenvalue weighted by atomic mass is 10.1. The molecule has 0 aliphatic heterocycles. The number of nitrogens with one attached hydrogen (secondary N) is 1. The maximum atomic E-state index is 11.5. The second-order valence-electron chi connectivity index (χ2n) is 3.18. The summed E-state index contributed by atoms with van der Waals surface area (Å²) in [6.45, 7) is 2.07. The van der Waals surface area contributed by atoms with Crippen molar-refractivity contribution in [1.82, 2.24) is 5.32 Å². The second kappa shape index (κ2) is 5.36. The number of carbonyl (C=O) groups is 1. The number of hydrogen-bond donors (Lipinski definition) is 3. The van der Waals surface area contributed by atoms with Crippen LogP contribution in [0, 0.1) is 0 Å². The summed E-state index contributed by atoms with van der Waals surface area (Å²) < 4.78 is 0. The third-order valence-corrected chi connectivity index (χ3v) is 2.12. The first-order chi connectivity index (χ1) is 7.19. The van der Waals surface area contributed by atoms with Gasteiger partial charge in [-0.25, -0.2) is 0 Å². The number of amides is 1. The third-order valence-electron chi connectivity index (χ3n) is 2.12. The minimum atomic E-state index is -0.237. The van der Waals surface area contributed by atoms with Gasteiger partial charge in [-0.05, 0) is 30.2 Å². The van der Waals surface area contributed by atoms with Crippen LogP contribution in [0.5, 0.6) is 5.75 Å². The van der Waals surface area contributed by atoms with Gasteiger partial charge in [-0.3, -0.25) is 4.79 Å². The molecule has 0 aliphatic carbocycles. The Labute approximate surface area is 88.6 Å². The molecule has 4 heteroatoms. The molecule has 3 N–H and O–H groups in total. The minimum Gasteiger partial charge on any atom is -0.508 e. The summed E-state index contributed by atoms with van der Waals surface area (Å²) in [5.41, 5.74) is 1.24. The molecule has 0 atom stereocenters. The van der Waals surface area contributed by atoms with Crippen molar-refractivity contribution in [2.45, 2.75) is 13.3 Å². The molecule has 0 aromatic heterocycles. The average Bonchev–Trinajstić information content (AvgIpc) is 2.26. The van der Waals surface area contributed by atoms with Crippen molar-refractivity contribution in [3.63, 3.8) is 0 Å². The molecule has 0 bridgehead atoms. The standard InChI is InChI=1S/C11H15NO3/c1-2-8-7-9(3-4-10(8)14)11(15)12-5-6-13/h3-4,7,13-14H,2,5-6H2,1H3,(H,12,15). The summed E-state index contributed by atoms with van der Waals surface area (Å²) in [7, 11) is 0. The normalized spacial score (nSPS) is 10.0. The third kappa shape index (κ3) is 2.95. The van der Waals surface area contributed by atoms with Gasteiger partial charge in [-0.15, -0.1) is 0 Å². The van der Waals surface area contributed by atoms with Crippen molar-refractivity contribution in [2.24, 2.45) is 0 Å². The Hall–Kier alpha value is -1.55. The number of aryl methyl sites for hydroxylation is 1. The monoisotopic (exact) mass is 209 g/mol. The van der Waals surface area contributed by atoms with Crippen LogP contribution in [0.1, 0.15) is 22.8 Å². The van der Waals surface area contributed by atoms with Crippen molar-refractivity contribution in [2.75, 3.05) is 13.2 Å². The van der Waals surface area contributed by atoms with Crippen LogP contribution in [0.4, 0.5) is 0 Å². The Morgan fingerprint density at radius 2 is 2.20 bits per heavy atom. The lowest BCUT2D eigenvalue weighted by molar-refractivity contribution is 0.0944. The fraction of sp³-hybridized carbons (Fsp3) is 0.364. The van der Waals surface area contributed by atoms with E-state index in [0.29, 0.717) is 12.0 Å². The van der Waals surface area contributed by atoms with E-state index in [9.17, 15) is 9.90 Å². The Morgan fingerprint density at radius 3 is 2.80 bits per heavy atom. The van der Waals surface area contributed by atoms with Crippen LogP contribution in [-0.2, 0) is 6.42 Å². The smallest absolute Gasteiger partial charge is 0.251 e. The van der Waals surface area contributed by atoms with Gasteiger partial charge in [0.2, 0.25) is 0 Å². The van der Waals surface area contributed by atoms with Gasteiger partial charge in [-0.2, -0.15) is 0 Å². The first-order valence-electron chi connectivity index (χ1n) is 4.90. The number of benzene rings is 1. The molecule has 0 spiro atoms. The number of aliphatic hydroxyl groups is 1. The van der Waals surface area contributed by atoms with Gasteiger partial charge in [0.25, 0.3) is 5.91 Å². The van der Waals surface area contributed by atoms with Crippen LogP contribution < -0.4 is 5.32 Å². The molecular weight excluding hydrogens is 194 g/mol. The highest BCUT2D eigenvalue weighted by molar-refractivity contribution is 5.94. The van der Waals surface area contributed by atoms with E-state index in [1.54, 1.807) is 12.1 Å². The number of aromatic hydroxyl groups is 1. The molecule has 0 saturated carbocycles. The Morgan fingerprint density at radius 1 is 1.47 bits per heavy atom. The second-order valence-corrected chi connectivity index (χ2v) is 3.18. The summed E-state index contributed by atoms with van der Waals surface area (Å²) in [5.74, 6) is -0.0324. The van der Waals surface area contributed by atoms with E-state index in [4.69, 9.17) is 5.11 Å². The Balaban J connectivity index is 2.81. The van der Waals surface area contributed by atoms with Gasteiger partial charge < -0.3 is 15.5 Å². The van der Waals surface area contributed by atoms with E-state index >= 15 is 0 Å². The van der Waals surface area contributed by atoms with Crippen molar-refractivity contribution < 1.29 is 15.0 Å². The lowest BCUT2D eigenvalue weighted by Crippen LogP contribution is -2.26. The maximum absolute atomic E-state index is 11.5. The number of hydrogen-bond acceptors (Lipinski definition) is 3. The lowest BCUT2D eigenvalue weighted by Gasteiger charge is -2.06. The first-order valence-corrected chi connectivity index (χ1v) is 4.90. The van der Waals surface area contributed by atoms with Crippen LogP contribution in [-0.4, -0.2) is 29.3 Å². The fourth-order valence-electron chi connectivity index (χ4n) is 1.28. The zero-order valence-electron chi connectivity index (χ0n) is 8.66. The molecule has 1 rings (SSSR count). The summed E-state index contributed by atoms with van der Waals surface area (Å²) >= 11 is 0. The fourth-order valence-corrected chi connectivity index (χ4v) is 1.28. The SMILES string of the molecule is CCc1cc(C(=O)NCCO)ccc1O. The van der Waals surface area contributed by atoms with Crippen LogP contribution in [0.25, 0.3) is 0 Å². The molecule has 1 aromatic carbocycles. The topological polar surface area (TPSA) is 69.6 Å². The van der Waals surface area contributed by atoms with Gasteiger partial charge >= 0.3 is 0 Å². The molecule has 0 radical (unpaired) electrons. The van der Waals surface area contributed by atoms with Crippen LogP contribution in [0.3, 0.4) is 0 Å². The highest BCUT2D eigenvalue weighted by Gasteiger charge is 2.07. The zero-order chi connectivity index (χ0) is 11.3. The molecule has 0 unspecified atom stereocenters. The summed E-state index contributed by atoms with van der Waals surface area (Å²) in [5, 5.41) is 20.5. The maximum Gasteiger partial charge on any atom is 0.251 e. The Kier molecular flexibility index (Phi) is 4.12. The van der Waals surface area contributed by atoms with Gasteiger partial charge in [0.15, 0.2) is 0 Å². The number of phenolic OH excluding ortho intramolecular Hbond substituents is 1. The molecule has 0 fully saturated rings. The van der Waals surface area contributed by atoms with Crippen molar-refractivity contribution in [3.8, 4) is 5.75 Å². The van der Waals surface area contributed by atoms with Gasteiger partial charge in [0.05, 0.1) is 6.61 Å². The first kappa shape index (κ1) is 11.5. The molecule has 0 heterocycles. The van der Waals surface area contributed by atoms with E-state index in [0.717, 1.165) is 5.56 Å². The number of rotatable bonds is 4. The summed E-state index contributed by atoms with van der Waals surface area (Å²) in [4.78, 5) is 11.5. The number of phenols is 1. The number of carbonyl (C=O) groups excluding carboxylic acids is 1. The highest BCUT2D eigenvalue weighted by atomic mass is 16.3. The Bertz CT molecular complexity index is 350. The molecule has 82 valence electrons. The predicted molar refractivity (Wildman–Crippen MR) is 56.9 cm³/mol. The minimum absolute atomic E-state index is 0.0789. The molecule has 15 heavy (non-hydrogen) atoms. The van der Waals surface area contributed by atoms with Crippen LogP contribution >= 0.6 is 0 Å². The summed E-state index contributed by atoms with van der Waals surface area (Å²) in [6, 6.07) is 4.72. The average molecular weight is 209 g/mol.